The van der Waals surface area contributed by atoms with Crippen molar-refractivity contribution in [2.75, 3.05) is 12.4 Å². The molecule has 0 fully saturated rings. The fraction of sp³-hybridized carbons (Fsp3) is 0.227. The van der Waals surface area contributed by atoms with Crippen molar-refractivity contribution >= 4 is 28.3 Å². The van der Waals surface area contributed by atoms with Gasteiger partial charge in [-0.25, -0.2) is 4.79 Å². The lowest BCUT2D eigenvalue weighted by Crippen LogP contribution is -2.43. The van der Waals surface area contributed by atoms with E-state index < -0.39 is 5.54 Å². The second-order valence-electron chi connectivity index (χ2n) is 7.06. The summed E-state index contributed by atoms with van der Waals surface area (Å²) >= 11 is 0. The third-order valence-corrected chi connectivity index (χ3v) is 4.52. The lowest BCUT2D eigenvalue weighted by molar-refractivity contribution is 0.213. The molecule has 2 N–H and O–H groups in total. The molecule has 6 heteroatoms. The first-order valence-corrected chi connectivity index (χ1v) is 9.02. The summed E-state index contributed by atoms with van der Waals surface area (Å²) in [6, 6.07) is 17.1. The van der Waals surface area contributed by atoms with Gasteiger partial charge in [-0.1, -0.05) is 35.5 Å². The van der Waals surface area contributed by atoms with Crippen molar-refractivity contribution in [1.29, 1.82) is 0 Å². The molecule has 144 valence electrons. The van der Waals surface area contributed by atoms with E-state index in [9.17, 15) is 4.79 Å². The number of oxime groups is 1. The number of nitrogens with one attached hydrogen (secondary N) is 2. The maximum atomic E-state index is 12.6. The Morgan fingerprint density at radius 2 is 1.93 bits per heavy atom. The van der Waals surface area contributed by atoms with Gasteiger partial charge in [-0.15, -0.1) is 0 Å². The van der Waals surface area contributed by atoms with Gasteiger partial charge < -0.3 is 15.5 Å². The van der Waals surface area contributed by atoms with Crippen molar-refractivity contribution in [2.45, 2.75) is 26.3 Å². The van der Waals surface area contributed by atoms with Crippen molar-refractivity contribution in [2.24, 2.45) is 5.16 Å². The van der Waals surface area contributed by atoms with E-state index in [1.54, 1.807) is 6.20 Å². The lowest BCUT2D eigenvalue weighted by atomic mass is 9.92. The van der Waals surface area contributed by atoms with E-state index in [4.69, 9.17) is 4.84 Å². The van der Waals surface area contributed by atoms with Crippen LogP contribution in [0.25, 0.3) is 10.9 Å². The van der Waals surface area contributed by atoms with Crippen LogP contribution in [0, 0.1) is 0 Å². The molecule has 0 spiro atoms. The molecule has 2 aromatic carbocycles. The summed E-state index contributed by atoms with van der Waals surface area (Å²) in [7, 11) is 1.52. The summed E-state index contributed by atoms with van der Waals surface area (Å²) < 4.78 is 0. The number of urea groups is 1. The number of pyridine rings is 1. The van der Waals surface area contributed by atoms with Crippen LogP contribution in [-0.2, 0) is 10.4 Å². The zero-order valence-electron chi connectivity index (χ0n) is 16.5. The Labute approximate surface area is 164 Å². The van der Waals surface area contributed by atoms with Crippen LogP contribution in [0.4, 0.5) is 10.5 Å². The number of hydrogen-bond acceptors (Lipinski definition) is 4. The molecule has 0 saturated carbocycles. The normalized spacial score (nSPS) is 11.9. The molecule has 2 amide bonds. The highest BCUT2D eigenvalue weighted by molar-refractivity contribution is 5.98. The number of carbonyl (C=O) groups is 1. The molecule has 0 aliphatic carbocycles. The van der Waals surface area contributed by atoms with Gasteiger partial charge in [0.1, 0.15) is 7.11 Å². The number of amides is 2. The zero-order valence-corrected chi connectivity index (χ0v) is 16.5. The maximum absolute atomic E-state index is 12.6. The van der Waals surface area contributed by atoms with Crippen LogP contribution in [0.3, 0.4) is 0 Å². The standard InChI is InChI=1S/C22H24N4O2/c1-15(26-28-4)17-7-5-9-18(13-17)22(2,3)25-21(27)24-19-11-10-16-8-6-12-23-20(16)14-19/h5-14H,1-4H3,(H2,24,25,27)/b26-15+. The SMILES string of the molecule is CO/N=C(\C)c1cccc(C(C)(C)NC(=O)Nc2ccc3cccnc3c2)c1. The second-order valence-corrected chi connectivity index (χ2v) is 7.06. The molecular formula is C22H24N4O2. The molecule has 0 bridgehead atoms. The van der Waals surface area contributed by atoms with Gasteiger partial charge in [0.05, 0.1) is 16.8 Å². The van der Waals surface area contributed by atoms with E-state index in [2.05, 4.69) is 20.8 Å². The van der Waals surface area contributed by atoms with Crippen LogP contribution >= 0.6 is 0 Å². The molecule has 6 nitrogen and oxygen atoms in total. The summed E-state index contributed by atoms with van der Waals surface area (Å²) in [5.74, 6) is 0. The summed E-state index contributed by atoms with van der Waals surface area (Å²) in [5, 5.41) is 10.9. The third-order valence-electron chi connectivity index (χ3n) is 4.52. The Balaban J connectivity index is 1.74. The fourth-order valence-corrected chi connectivity index (χ4v) is 2.99. The zero-order chi connectivity index (χ0) is 20.1. The van der Waals surface area contributed by atoms with Crippen molar-refractivity contribution in [3.8, 4) is 0 Å². The molecule has 0 aliphatic heterocycles. The molecular weight excluding hydrogens is 352 g/mol. The van der Waals surface area contributed by atoms with Crippen molar-refractivity contribution in [3.05, 3.63) is 71.9 Å². The molecule has 0 radical (unpaired) electrons. The molecule has 3 aromatic rings. The highest BCUT2D eigenvalue weighted by Gasteiger charge is 2.23. The van der Waals surface area contributed by atoms with Crippen LogP contribution in [0.15, 0.2) is 65.9 Å². The van der Waals surface area contributed by atoms with Gasteiger partial charge in [0.25, 0.3) is 0 Å². The molecule has 1 aromatic heterocycles. The Hall–Kier alpha value is -3.41. The molecule has 0 unspecified atom stereocenters. The number of hydrogen-bond donors (Lipinski definition) is 2. The van der Waals surface area contributed by atoms with Gasteiger partial charge in [-0.05, 0) is 56.2 Å². The molecule has 0 aliphatic rings. The summed E-state index contributed by atoms with van der Waals surface area (Å²) in [5.41, 5.74) is 3.62. The average molecular weight is 376 g/mol. The molecule has 1 heterocycles. The topological polar surface area (TPSA) is 75.6 Å². The monoisotopic (exact) mass is 376 g/mol. The molecule has 0 atom stereocenters. The maximum Gasteiger partial charge on any atom is 0.319 e. The average Bonchev–Trinajstić information content (AvgIpc) is 2.67. The summed E-state index contributed by atoms with van der Waals surface area (Å²) in [6.45, 7) is 5.79. The third kappa shape index (κ3) is 4.46. The number of aromatic nitrogens is 1. The predicted molar refractivity (Wildman–Crippen MR) is 113 cm³/mol. The van der Waals surface area contributed by atoms with Crippen LogP contribution in [-0.4, -0.2) is 23.8 Å². The van der Waals surface area contributed by atoms with Crippen molar-refractivity contribution in [3.63, 3.8) is 0 Å². The minimum Gasteiger partial charge on any atom is -0.399 e. The first-order valence-electron chi connectivity index (χ1n) is 9.02. The first kappa shape index (κ1) is 19.4. The fourth-order valence-electron chi connectivity index (χ4n) is 2.99. The van der Waals surface area contributed by atoms with Gasteiger partial charge >= 0.3 is 6.03 Å². The number of benzene rings is 2. The van der Waals surface area contributed by atoms with Crippen LogP contribution in [0.2, 0.25) is 0 Å². The Morgan fingerprint density at radius 1 is 1.11 bits per heavy atom. The van der Waals surface area contributed by atoms with Gasteiger partial charge in [0.2, 0.25) is 0 Å². The van der Waals surface area contributed by atoms with E-state index >= 15 is 0 Å². The summed E-state index contributed by atoms with van der Waals surface area (Å²) in [6.07, 6.45) is 1.73. The molecule has 0 saturated heterocycles. The Bertz CT molecular complexity index is 1030. The number of fused-ring (bicyclic) bond motifs is 1. The van der Waals surface area contributed by atoms with Crippen LogP contribution < -0.4 is 10.6 Å². The van der Waals surface area contributed by atoms with E-state index in [1.165, 1.54) is 7.11 Å². The predicted octanol–water partition coefficient (Wildman–Crippen LogP) is 4.66. The van der Waals surface area contributed by atoms with Crippen molar-refractivity contribution in [1.82, 2.24) is 10.3 Å². The Morgan fingerprint density at radius 3 is 2.71 bits per heavy atom. The minimum absolute atomic E-state index is 0.284. The van der Waals surface area contributed by atoms with Crippen LogP contribution in [0.5, 0.6) is 0 Å². The quantitative estimate of drug-likeness (QED) is 0.502. The van der Waals surface area contributed by atoms with Gasteiger partial charge in [-0.2, -0.15) is 0 Å². The number of rotatable bonds is 5. The number of nitrogens with zero attached hydrogens (tertiary/aromatic N) is 2. The smallest absolute Gasteiger partial charge is 0.319 e. The summed E-state index contributed by atoms with van der Waals surface area (Å²) in [4.78, 5) is 21.7. The van der Waals surface area contributed by atoms with Gasteiger partial charge in [0.15, 0.2) is 0 Å². The lowest BCUT2D eigenvalue weighted by Gasteiger charge is -2.27. The minimum atomic E-state index is -0.581. The van der Waals surface area contributed by atoms with E-state index in [0.29, 0.717) is 5.69 Å². The molecule has 28 heavy (non-hydrogen) atoms. The van der Waals surface area contributed by atoms with Gasteiger partial charge in [0, 0.05) is 17.3 Å². The number of anilines is 1. The van der Waals surface area contributed by atoms with Crippen molar-refractivity contribution < 1.29 is 9.63 Å². The Kier molecular flexibility index (Phi) is 5.59. The highest BCUT2D eigenvalue weighted by atomic mass is 16.6. The van der Waals surface area contributed by atoms with E-state index in [0.717, 1.165) is 27.7 Å². The van der Waals surface area contributed by atoms with E-state index in [1.807, 2.05) is 75.4 Å². The second kappa shape index (κ2) is 8.08. The van der Waals surface area contributed by atoms with E-state index in [-0.39, 0.29) is 6.03 Å². The largest absolute Gasteiger partial charge is 0.399 e. The highest BCUT2D eigenvalue weighted by Crippen LogP contribution is 2.22. The first-order chi connectivity index (χ1) is 13.4. The van der Waals surface area contributed by atoms with Crippen LogP contribution in [0.1, 0.15) is 31.9 Å². The number of carbonyl (C=O) groups excluding carboxylic acids is 1. The molecule has 3 rings (SSSR count). The van der Waals surface area contributed by atoms with Gasteiger partial charge in [-0.3, -0.25) is 4.98 Å².